The molecular formula is C16H22N4O2S. The van der Waals surface area contributed by atoms with Gasteiger partial charge >= 0.3 is 6.03 Å². The molecule has 23 heavy (non-hydrogen) atoms. The van der Waals surface area contributed by atoms with Crippen molar-refractivity contribution in [2.75, 3.05) is 11.9 Å². The van der Waals surface area contributed by atoms with Gasteiger partial charge in [-0.1, -0.05) is 61.4 Å². The second-order valence-electron chi connectivity index (χ2n) is 5.20. The number of aliphatic hydroxyl groups is 1. The molecule has 0 spiro atoms. The van der Waals surface area contributed by atoms with Gasteiger partial charge in [-0.3, -0.25) is 5.32 Å². The van der Waals surface area contributed by atoms with Crippen LogP contribution in [0.15, 0.2) is 30.3 Å². The summed E-state index contributed by atoms with van der Waals surface area (Å²) in [5, 5.41) is 24.3. The van der Waals surface area contributed by atoms with Crippen molar-refractivity contribution >= 4 is 22.5 Å². The van der Waals surface area contributed by atoms with E-state index in [1.165, 1.54) is 11.3 Å². The van der Waals surface area contributed by atoms with Crippen LogP contribution in [0.3, 0.4) is 0 Å². The number of hydrogen-bond donors (Lipinski definition) is 3. The van der Waals surface area contributed by atoms with Crippen molar-refractivity contribution in [3.63, 3.8) is 0 Å². The summed E-state index contributed by atoms with van der Waals surface area (Å²) in [4.78, 5) is 12.0. The van der Waals surface area contributed by atoms with Crippen LogP contribution in [0.4, 0.5) is 9.93 Å². The largest absolute Gasteiger partial charge is 0.394 e. The number of amides is 2. The van der Waals surface area contributed by atoms with E-state index < -0.39 is 12.1 Å². The lowest BCUT2D eigenvalue weighted by atomic mass is 10.1. The summed E-state index contributed by atoms with van der Waals surface area (Å²) < 4.78 is 0. The number of urea groups is 1. The average Bonchev–Trinajstić information content (AvgIpc) is 3.01. The summed E-state index contributed by atoms with van der Waals surface area (Å²) >= 11 is 1.39. The number of anilines is 1. The number of unbranched alkanes of at least 4 members (excludes halogenated alkanes) is 2. The highest BCUT2D eigenvalue weighted by molar-refractivity contribution is 7.15. The fraction of sp³-hybridized carbons (Fsp3) is 0.438. The predicted molar refractivity (Wildman–Crippen MR) is 91.6 cm³/mol. The van der Waals surface area contributed by atoms with E-state index in [9.17, 15) is 9.90 Å². The van der Waals surface area contributed by atoms with Crippen LogP contribution in [0.25, 0.3) is 0 Å². The van der Waals surface area contributed by atoms with Crippen molar-refractivity contribution in [2.45, 2.75) is 38.6 Å². The normalized spacial score (nSPS) is 11.9. The molecule has 2 amide bonds. The van der Waals surface area contributed by atoms with Gasteiger partial charge in [-0.2, -0.15) is 0 Å². The summed E-state index contributed by atoms with van der Waals surface area (Å²) in [7, 11) is 0. The molecule has 6 nitrogen and oxygen atoms in total. The molecule has 0 fully saturated rings. The van der Waals surface area contributed by atoms with E-state index in [-0.39, 0.29) is 6.61 Å². The Morgan fingerprint density at radius 2 is 2.04 bits per heavy atom. The van der Waals surface area contributed by atoms with Crippen LogP contribution < -0.4 is 10.6 Å². The van der Waals surface area contributed by atoms with Gasteiger partial charge in [0.25, 0.3) is 0 Å². The van der Waals surface area contributed by atoms with Gasteiger partial charge < -0.3 is 10.4 Å². The zero-order valence-corrected chi connectivity index (χ0v) is 14.0. The molecule has 1 atom stereocenters. The van der Waals surface area contributed by atoms with E-state index in [1.807, 2.05) is 30.3 Å². The van der Waals surface area contributed by atoms with E-state index >= 15 is 0 Å². The molecule has 0 bridgehead atoms. The number of carbonyl (C=O) groups excluding carboxylic acids is 1. The third kappa shape index (κ3) is 5.61. The summed E-state index contributed by atoms with van der Waals surface area (Å²) in [6.07, 6.45) is 4.29. The molecule has 1 aromatic carbocycles. The van der Waals surface area contributed by atoms with Gasteiger partial charge in [0, 0.05) is 6.42 Å². The number of nitrogens with one attached hydrogen (secondary N) is 2. The van der Waals surface area contributed by atoms with Gasteiger partial charge in [-0.05, 0) is 12.0 Å². The molecule has 0 unspecified atom stereocenters. The standard InChI is InChI=1S/C16H22N4O2S/c1-2-3-5-10-14-19-20-16(23-14)18-15(22)17-13(11-21)12-8-6-4-7-9-12/h4,6-9,13,21H,2-3,5,10-11H2,1H3,(H2,17,18,20,22)/t13-/m1/s1. The van der Waals surface area contributed by atoms with Crippen molar-refractivity contribution < 1.29 is 9.90 Å². The van der Waals surface area contributed by atoms with Crippen LogP contribution in [0.5, 0.6) is 0 Å². The third-order valence-corrected chi connectivity index (χ3v) is 4.27. The number of aromatic nitrogens is 2. The molecule has 0 saturated carbocycles. The first-order chi connectivity index (χ1) is 11.2. The second-order valence-corrected chi connectivity index (χ2v) is 6.26. The van der Waals surface area contributed by atoms with Gasteiger partial charge in [-0.15, -0.1) is 10.2 Å². The second kappa shape index (κ2) is 9.22. The fourth-order valence-electron chi connectivity index (χ4n) is 2.14. The van der Waals surface area contributed by atoms with E-state index in [0.717, 1.165) is 36.3 Å². The molecule has 0 radical (unpaired) electrons. The van der Waals surface area contributed by atoms with Crippen molar-refractivity contribution in [3.8, 4) is 0 Å². The Bertz CT molecular complexity index is 603. The van der Waals surface area contributed by atoms with Gasteiger partial charge in [0.1, 0.15) is 5.01 Å². The minimum Gasteiger partial charge on any atom is -0.394 e. The molecule has 1 aromatic heterocycles. The molecule has 0 aliphatic rings. The van der Waals surface area contributed by atoms with Crippen molar-refractivity contribution in [3.05, 3.63) is 40.9 Å². The molecule has 3 N–H and O–H groups in total. The quantitative estimate of drug-likeness (QED) is 0.647. The maximum atomic E-state index is 12.0. The summed E-state index contributed by atoms with van der Waals surface area (Å²) in [6, 6.07) is 8.49. The number of aliphatic hydroxyl groups excluding tert-OH is 1. The van der Waals surface area contributed by atoms with Gasteiger partial charge in [0.15, 0.2) is 0 Å². The van der Waals surface area contributed by atoms with Crippen LogP contribution in [0.1, 0.15) is 42.8 Å². The topological polar surface area (TPSA) is 87.1 Å². The highest BCUT2D eigenvalue weighted by Gasteiger charge is 2.14. The Kier molecular flexibility index (Phi) is 6.96. The van der Waals surface area contributed by atoms with Gasteiger partial charge in [0.05, 0.1) is 12.6 Å². The molecule has 1 heterocycles. The number of carbonyl (C=O) groups is 1. The van der Waals surface area contributed by atoms with Crippen molar-refractivity contribution in [1.29, 1.82) is 0 Å². The number of hydrogen-bond acceptors (Lipinski definition) is 5. The van der Waals surface area contributed by atoms with Crippen LogP contribution in [0, 0.1) is 0 Å². The Balaban J connectivity index is 1.86. The Morgan fingerprint density at radius 1 is 1.26 bits per heavy atom. The van der Waals surface area contributed by atoms with Crippen LogP contribution >= 0.6 is 11.3 Å². The highest BCUT2D eigenvalue weighted by Crippen LogP contribution is 2.18. The lowest BCUT2D eigenvalue weighted by Crippen LogP contribution is -2.34. The molecule has 2 aromatic rings. The molecule has 124 valence electrons. The summed E-state index contributed by atoms with van der Waals surface area (Å²) in [6.45, 7) is 1.98. The molecule has 2 rings (SSSR count). The van der Waals surface area contributed by atoms with Crippen molar-refractivity contribution in [1.82, 2.24) is 15.5 Å². The van der Waals surface area contributed by atoms with E-state index in [4.69, 9.17) is 0 Å². The lowest BCUT2D eigenvalue weighted by molar-refractivity contribution is 0.225. The minimum absolute atomic E-state index is 0.171. The first-order valence-corrected chi connectivity index (χ1v) is 8.60. The third-order valence-electron chi connectivity index (χ3n) is 3.37. The van der Waals surface area contributed by atoms with Gasteiger partial charge in [-0.25, -0.2) is 4.79 Å². The predicted octanol–water partition coefficient (Wildman–Crippen LogP) is 3.13. The Hall–Kier alpha value is -1.99. The number of rotatable bonds is 8. The van der Waals surface area contributed by atoms with Crippen molar-refractivity contribution in [2.24, 2.45) is 0 Å². The Labute approximate surface area is 140 Å². The maximum absolute atomic E-state index is 12.0. The van der Waals surface area contributed by atoms with E-state index in [0.29, 0.717) is 5.13 Å². The zero-order valence-electron chi connectivity index (χ0n) is 13.2. The first-order valence-electron chi connectivity index (χ1n) is 7.78. The van der Waals surface area contributed by atoms with Gasteiger partial charge in [0.2, 0.25) is 5.13 Å². The van der Waals surface area contributed by atoms with Crippen LogP contribution in [-0.4, -0.2) is 27.9 Å². The minimum atomic E-state index is -0.451. The highest BCUT2D eigenvalue weighted by atomic mass is 32.1. The molecular weight excluding hydrogens is 312 g/mol. The van der Waals surface area contributed by atoms with Crippen LogP contribution in [-0.2, 0) is 6.42 Å². The molecule has 0 aliphatic carbocycles. The van der Waals surface area contributed by atoms with Crippen LogP contribution in [0.2, 0.25) is 0 Å². The fourth-order valence-corrected chi connectivity index (χ4v) is 2.92. The maximum Gasteiger partial charge on any atom is 0.321 e. The number of nitrogens with zero attached hydrogens (tertiary/aromatic N) is 2. The van der Waals surface area contributed by atoms with E-state index in [1.54, 1.807) is 0 Å². The monoisotopic (exact) mass is 334 g/mol. The average molecular weight is 334 g/mol. The zero-order chi connectivity index (χ0) is 16.5. The number of aryl methyl sites for hydroxylation is 1. The van der Waals surface area contributed by atoms with E-state index in [2.05, 4.69) is 27.8 Å². The smallest absolute Gasteiger partial charge is 0.321 e. The Morgan fingerprint density at radius 3 is 2.74 bits per heavy atom. The SMILES string of the molecule is CCCCCc1nnc(NC(=O)N[C@H](CO)c2ccccc2)s1. The molecule has 0 saturated heterocycles. The molecule has 7 heteroatoms. The number of benzene rings is 1. The lowest BCUT2D eigenvalue weighted by Gasteiger charge is -2.16. The molecule has 0 aliphatic heterocycles. The summed E-state index contributed by atoms with van der Waals surface area (Å²) in [5.41, 5.74) is 0.850. The summed E-state index contributed by atoms with van der Waals surface area (Å²) in [5.74, 6) is 0. The first kappa shape index (κ1) is 17.4.